The molecule has 1 atom stereocenters. The van der Waals surface area contributed by atoms with Crippen LogP contribution in [-0.4, -0.2) is 4.98 Å². The highest BCUT2D eigenvalue weighted by Crippen LogP contribution is 2.26. The topological polar surface area (TPSA) is 19.7 Å². The summed E-state index contributed by atoms with van der Waals surface area (Å²) in [5.41, 5.74) is 0. The highest BCUT2D eigenvalue weighted by atomic mass is 15.0. The van der Waals surface area contributed by atoms with Crippen molar-refractivity contribution in [1.29, 1.82) is 0 Å². The lowest BCUT2D eigenvalue weighted by Gasteiger charge is -2.13. The van der Waals surface area contributed by atoms with Gasteiger partial charge < -0.3 is 0 Å². The Bertz CT molecular complexity index is 507. The lowest BCUT2D eigenvalue weighted by molar-refractivity contribution is -0.679. The zero-order valence-electron chi connectivity index (χ0n) is 23.1. The van der Waals surface area contributed by atoms with E-state index in [1.165, 1.54) is 160 Å². The van der Waals surface area contributed by atoms with E-state index in [-0.39, 0.29) is 0 Å². The maximum absolute atomic E-state index is 3.55. The highest BCUT2D eigenvalue weighted by Gasteiger charge is 2.20. The summed E-state index contributed by atoms with van der Waals surface area (Å²) in [6.07, 6.45) is 38.6. The number of hydrogen-bond donors (Lipinski definition) is 1. The van der Waals surface area contributed by atoms with Crippen LogP contribution in [0.4, 0.5) is 0 Å². The molecule has 0 amide bonds. The van der Waals surface area contributed by atoms with Crippen LogP contribution in [0.5, 0.6) is 0 Å². The van der Waals surface area contributed by atoms with E-state index in [2.05, 4.69) is 42.8 Å². The van der Waals surface area contributed by atoms with E-state index in [4.69, 9.17) is 0 Å². The molecule has 0 aliphatic rings. The third kappa shape index (κ3) is 17.3. The van der Waals surface area contributed by atoms with Gasteiger partial charge in [-0.2, -0.15) is 0 Å². The van der Waals surface area contributed by atoms with Gasteiger partial charge in [-0.15, -0.1) is 0 Å². The number of nitrogens with one attached hydrogen (secondary N) is 1. The average Bonchev–Trinajstić information content (AvgIpc) is 3.25. The predicted octanol–water partition coefficient (Wildman–Crippen LogP) is 10.3. The van der Waals surface area contributed by atoms with E-state index in [0.717, 1.165) is 5.92 Å². The first kappa shape index (κ1) is 30.2. The molecule has 1 aromatic heterocycles. The summed E-state index contributed by atoms with van der Waals surface area (Å²) in [5, 5.41) is 0. The Morgan fingerprint density at radius 3 is 1.18 bits per heavy atom. The van der Waals surface area contributed by atoms with Crippen LogP contribution in [0.15, 0.2) is 12.4 Å². The Morgan fingerprint density at radius 2 is 0.879 bits per heavy atom. The molecule has 0 radical (unpaired) electrons. The molecular formula is C31H61N2+. The number of unbranched alkanes of at least 4 members (excludes halogenated alkanes) is 20. The quantitative estimate of drug-likeness (QED) is 0.110. The summed E-state index contributed by atoms with van der Waals surface area (Å²) in [5.74, 6) is 2.18. The van der Waals surface area contributed by atoms with E-state index in [0.29, 0.717) is 0 Å². The summed E-state index contributed by atoms with van der Waals surface area (Å²) in [6.45, 7) is 4.61. The zero-order valence-corrected chi connectivity index (χ0v) is 23.1. The lowest BCUT2D eigenvalue weighted by atomic mass is 9.93. The zero-order chi connectivity index (χ0) is 23.8. The van der Waals surface area contributed by atoms with Crippen molar-refractivity contribution in [2.75, 3.05) is 0 Å². The van der Waals surface area contributed by atoms with E-state index in [1.54, 1.807) is 0 Å². The standard InChI is InChI=1S/C31H60N2/c1-4-6-8-10-12-14-15-16-17-19-21-23-25-27-30(31-32-28-29-33(31)3)26-24-22-20-18-13-11-9-7-5-2/h28-30H,4-27H2,1-3H3/p+1/t30-/m0/s1. The third-order valence-electron chi connectivity index (χ3n) is 7.61. The van der Waals surface area contributed by atoms with Gasteiger partial charge in [-0.3, -0.25) is 0 Å². The fourth-order valence-electron chi connectivity index (χ4n) is 5.35. The predicted molar refractivity (Wildman–Crippen MR) is 147 cm³/mol. The monoisotopic (exact) mass is 461 g/mol. The second-order valence-electron chi connectivity index (χ2n) is 10.8. The maximum Gasteiger partial charge on any atom is 0.257 e. The molecule has 1 N–H and O–H groups in total. The van der Waals surface area contributed by atoms with Crippen LogP contribution in [0.2, 0.25) is 0 Å². The van der Waals surface area contributed by atoms with Gasteiger partial charge in [-0.1, -0.05) is 155 Å². The Morgan fingerprint density at radius 1 is 0.545 bits per heavy atom. The Hall–Kier alpha value is -0.790. The van der Waals surface area contributed by atoms with Crippen molar-refractivity contribution in [3.8, 4) is 0 Å². The molecule has 0 saturated heterocycles. The molecule has 2 nitrogen and oxygen atoms in total. The van der Waals surface area contributed by atoms with Crippen molar-refractivity contribution < 1.29 is 4.57 Å². The molecule has 0 saturated carbocycles. The van der Waals surface area contributed by atoms with E-state index >= 15 is 0 Å². The van der Waals surface area contributed by atoms with Crippen LogP contribution in [0.25, 0.3) is 0 Å². The normalized spacial score (nSPS) is 12.5. The van der Waals surface area contributed by atoms with Crippen molar-refractivity contribution >= 4 is 0 Å². The van der Waals surface area contributed by atoms with Crippen LogP contribution in [-0.2, 0) is 7.05 Å². The molecule has 0 aliphatic heterocycles. The molecule has 0 unspecified atom stereocenters. The first-order chi connectivity index (χ1) is 16.3. The number of H-pyrrole nitrogens is 1. The van der Waals surface area contributed by atoms with Gasteiger partial charge in [0.05, 0.1) is 13.0 Å². The molecule has 1 rings (SSSR count). The second kappa shape index (κ2) is 23.0. The Labute approximate surface area is 208 Å². The molecule has 1 heterocycles. The molecule has 0 aliphatic carbocycles. The van der Waals surface area contributed by atoms with Crippen LogP contribution in [0.1, 0.15) is 180 Å². The van der Waals surface area contributed by atoms with Crippen molar-refractivity contribution in [2.45, 2.75) is 174 Å². The molecule has 194 valence electrons. The van der Waals surface area contributed by atoms with Crippen molar-refractivity contribution in [3.63, 3.8) is 0 Å². The number of aryl methyl sites for hydroxylation is 1. The average molecular weight is 462 g/mol. The fraction of sp³-hybridized carbons (Fsp3) is 0.903. The van der Waals surface area contributed by atoms with Crippen molar-refractivity contribution in [1.82, 2.24) is 4.98 Å². The number of rotatable bonds is 25. The largest absolute Gasteiger partial charge is 0.257 e. The van der Waals surface area contributed by atoms with Gasteiger partial charge in [0, 0.05) is 0 Å². The molecule has 0 fully saturated rings. The smallest absolute Gasteiger partial charge is 0.247 e. The van der Waals surface area contributed by atoms with E-state index in [9.17, 15) is 0 Å². The van der Waals surface area contributed by atoms with Gasteiger partial charge in [0.25, 0.3) is 5.82 Å². The summed E-state index contributed by atoms with van der Waals surface area (Å²) in [7, 11) is 2.21. The van der Waals surface area contributed by atoms with E-state index in [1.807, 2.05) is 0 Å². The number of hydrogen-bond acceptors (Lipinski definition) is 0. The van der Waals surface area contributed by atoms with E-state index < -0.39 is 0 Å². The third-order valence-corrected chi connectivity index (χ3v) is 7.61. The van der Waals surface area contributed by atoms with Crippen LogP contribution >= 0.6 is 0 Å². The minimum absolute atomic E-state index is 0.724. The molecule has 33 heavy (non-hydrogen) atoms. The Balaban J connectivity index is 2.06. The molecule has 0 aromatic carbocycles. The summed E-state index contributed by atoms with van der Waals surface area (Å²) < 4.78 is 2.32. The minimum atomic E-state index is 0.724. The summed E-state index contributed by atoms with van der Waals surface area (Å²) in [6, 6.07) is 0. The van der Waals surface area contributed by atoms with Crippen molar-refractivity contribution in [2.24, 2.45) is 7.05 Å². The first-order valence-corrected chi connectivity index (χ1v) is 15.3. The lowest BCUT2D eigenvalue weighted by Crippen LogP contribution is -2.32. The molecule has 0 spiro atoms. The number of imidazole rings is 1. The van der Waals surface area contributed by atoms with Crippen LogP contribution in [0.3, 0.4) is 0 Å². The van der Waals surface area contributed by atoms with Gasteiger partial charge in [0.15, 0.2) is 0 Å². The van der Waals surface area contributed by atoms with Gasteiger partial charge in [-0.05, 0) is 12.8 Å². The maximum atomic E-state index is 3.55. The molecule has 2 heteroatoms. The molecule has 1 aromatic rings. The van der Waals surface area contributed by atoms with Gasteiger partial charge in [-0.25, -0.2) is 9.55 Å². The van der Waals surface area contributed by atoms with Gasteiger partial charge in [0.1, 0.15) is 12.4 Å². The molecular weight excluding hydrogens is 400 g/mol. The fourth-order valence-corrected chi connectivity index (χ4v) is 5.35. The van der Waals surface area contributed by atoms with Gasteiger partial charge >= 0.3 is 0 Å². The summed E-state index contributed by atoms with van der Waals surface area (Å²) >= 11 is 0. The number of aromatic amines is 1. The van der Waals surface area contributed by atoms with Crippen LogP contribution in [0, 0.1) is 0 Å². The SMILES string of the molecule is CCCCCCCCCCCCCCC[C@H](CCCCCCCCCCC)c1[nH]cc[n+]1C. The highest BCUT2D eigenvalue weighted by molar-refractivity contribution is 4.89. The molecule has 0 bridgehead atoms. The second-order valence-corrected chi connectivity index (χ2v) is 10.8. The van der Waals surface area contributed by atoms with Gasteiger partial charge in [0.2, 0.25) is 0 Å². The summed E-state index contributed by atoms with van der Waals surface area (Å²) in [4.78, 5) is 3.55. The van der Waals surface area contributed by atoms with Crippen LogP contribution < -0.4 is 4.57 Å². The van der Waals surface area contributed by atoms with Crippen molar-refractivity contribution in [3.05, 3.63) is 18.2 Å². The minimum Gasteiger partial charge on any atom is -0.247 e. The number of aromatic nitrogens is 2. The number of nitrogens with zero attached hydrogens (tertiary/aromatic N) is 1. The first-order valence-electron chi connectivity index (χ1n) is 15.3. The Kier molecular flexibility index (Phi) is 21.1.